The molecule has 98 valence electrons. The Labute approximate surface area is 113 Å². The van der Waals surface area contributed by atoms with E-state index < -0.39 is 24.3 Å². The zero-order valence-corrected chi connectivity index (χ0v) is 10.7. The molecule has 0 aromatic heterocycles. The Morgan fingerprint density at radius 3 is 2.35 bits per heavy atom. The molecule has 0 unspecified atom stereocenters. The van der Waals surface area contributed by atoms with Crippen molar-refractivity contribution in [2.24, 2.45) is 5.73 Å². The maximum absolute atomic E-state index is 13.1. The maximum Gasteiger partial charge on any atom is 0.289 e. The molecule has 0 bridgehead atoms. The standard InChI is InChI=1S/C9H9Cl2F2NO2.ClH/c10-5-2-1-4(7(16)6(5)11)8(14)9(12,13)3-15;/h1-2,8,15-16H,3,14H2;1H/t8-;/m0./s1. The maximum atomic E-state index is 13.1. The van der Waals surface area contributed by atoms with E-state index in [0.717, 1.165) is 6.07 Å². The highest BCUT2D eigenvalue weighted by Gasteiger charge is 2.39. The van der Waals surface area contributed by atoms with Gasteiger partial charge in [-0.1, -0.05) is 29.3 Å². The van der Waals surface area contributed by atoms with E-state index in [9.17, 15) is 13.9 Å². The smallest absolute Gasteiger partial charge is 0.289 e. The first-order valence-corrected chi connectivity index (χ1v) is 4.98. The SMILES string of the molecule is Cl.N[C@@H](c1ccc(Cl)c(Cl)c1O)C(F)(F)CO. The van der Waals surface area contributed by atoms with Crippen LogP contribution in [0.4, 0.5) is 8.78 Å². The second kappa shape index (κ2) is 6.02. The number of alkyl halides is 2. The zero-order chi connectivity index (χ0) is 12.5. The van der Waals surface area contributed by atoms with Crippen LogP contribution in [0.25, 0.3) is 0 Å². The molecule has 3 nitrogen and oxygen atoms in total. The van der Waals surface area contributed by atoms with Gasteiger partial charge in [0.1, 0.15) is 23.4 Å². The Morgan fingerprint density at radius 1 is 1.35 bits per heavy atom. The van der Waals surface area contributed by atoms with Crippen LogP contribution in [0.2, 0.25) is 10.0 Å². The summed E-state index contributed by atoms with van der Waals surface area (Å²) >= 11 is 11.1. The van der Waals surface area contributed by atoms with Gasteiger partial charge in [0, 0.05) is 5.56 Å². The number of hydrogen-bond acceptors (Lipinski definition) is 3. The van der Waals surface area contributed by atoms with Gasteiger partial charge >= 0.3 is 0 Å². The minimum atomic E-state index is -3.55. The van der Waals surface area contributed by atoms with Gasteiger partial charge in [-0.2, -0.15) is 0 Å². The van der Waals surface area contributed by atoms with Crippen LogP contribution in [0.3, 0.4) is 0 Å². The fraction of sp³-hybridized carbons (Fsp3) is 0.333. The van der Waals surface area contributed by atoms with Gasteiger partial charge in [-0.3, -0.25) is 0 Å². The van der Waals surface area contributed by atoms with E-state index in [1.807, 2.05) is 0 Å². The van der Waals surface area contributed by atoms with Gasteiger partial charge in [0.05, 0.1) is 5.02 Å². The van der Waals surface area contributed by atoms with Gasteiger partial charge in [-0.05, 0) is 6.07 Å². The van der Waals surface area contributed by atoms with Crippen molar-refractivity contribution in [2.45, 2.75) is 12.0 Å². The van der Waals surface area contributed by atoms with Crippen LogP contribution in [0.5, 0.6) is 5.75 Å². The molecule has 0 amide bonds. The summed E-state index contributed by atoms with van der Waals surface area (Å²) in [7, 11) is 0. The van der Waals surface area contributed by atoms with Crippen LogP contribution in [0.1, 0.15) is 11.6 Å². The normalized spacial score (nSPS) is 13.1. The highest BCUT2D eigenvalue weighted by molar-refractivity contribution is 6.43. The van der Waals surface area contributed by atoms with Gasteiger partial charge < -0.3 is 15.9 Å². The van der Waals surface area contributed by atoms with E-state index >= 15 is 0 Å². The van der Waals surface area contributed by atoms with E-state index in [1.54, 1.807) is 0 Å². The lowest BCUT2D eigenvalue weighted by atomic mass is 10.0. The predicted octanol–water partition coefficient (Wildman–Crippen LogP) is 2.75. The van der Waals surface area contributed by atoms with Crippen molar-refractivity contribution in [3.63, 3.8) is 0 Å². The van der Waals surface area contributed by atoms with E-state index in [0.29, 0.717) is 0 Å². The van der Waals surface area contributed by atoms with Gasteiger partial charge in [-0.15, -0.1) is 12.4 Å². The number of phenolic OH excluding ortho intramolecular Hbond substituents is 1. The summed E-state index contributed by atoms with van der Waals surface area (Å²) in [6.45, 7) is -1.42. The molecular formula is C9H10Cl3F2NO2. The fourth-order valence-corrected chi connectivity index (χ4v) is 1.46. The highest BCUT2D eigenvalue weighted by atomic mass is 35.5. The number of rotatable bonds is 3. The summed E-state index contributed by atoms with van der Waals surface area (Å²) in [4.78, 5) is 0. The third-order valence-electron chi connectivity index (χ3n) is 2.10. The van der Waals surface area contributed by atoms with E-state index in [2.05, 4.69) is 0 Å². The number of phenols is 1. The lowest BCUT2D eigenvalue weighted by Crippen LogP contribution is -2.36. The third-order valence-corrected chi connectivity index (χ3v) is 2.90. The first-order chi connectivity index (χ1) is 7.31. The van der Waals surface area contributed by atoms with Crippen molar-refractivity contribution >= 4 is 35.6 Å². The average molecular weight is 309 g/mol. The molecule has 1 rings (SSSR count). The summed E-state index contributed by atoms with van der Waals surface area (Å²) in [5, 5.41) is 17.7. The fourth-order valence-electron chi connectivity index (χ4n) is 1.13. The Kier molecular flexibility index (Phi) is 5.90. The van der Waals surface area contributed by atoms with Gasteiger partial charge in [0.25, 0.3) is 5.92 Å². The number of hydrogen-bond donors (Lipinski definition) is 3. The molecule has 1 aromatic rings. The number of nitrogens with two attached hydrogens (primary N) is 1. The van der Waals surface area contributed by atoms with Crippen molar-refractivity contribution in [2.75, 3.05) is 6.61 Å². The van der Waals surface area contributed by atoms with Crippen LogP contribution >= 0.6 is 35.6 Å². The zero-order valence-electron chi connectivity index (χ0n) is 8.33. The Morgan fingerprint density at radius 2 is 1.88 bits per heavy atom. The van der Waals surface area contributed by atoms with Gasteiger partial charge in [-0.25, -0.2) is 8.78 Å². The molecule has 0 heterocycles. The monoisotopic (exact) mass is 307 g/mol. The molecule has 1 aromatic carbocycles. The van der Waals surface area contributed by atoms with Crippen LogP contribution in [0, 0.1) is 0 Å². The van der Waals surface area contributed by atoms with Crippen LogP contribution in [0.15, 0.2) is 12.1 Å². The first kappa shape index (κ1) is 16.7. The first-order valence-electron chi connectivity index (χ1n) is 4.22. The summed E-state index contributed by atoms with van der Waals surface area (Å²) in [6.07, 6.45) is 0. The van der Waals surface area contributed by atoms with E-state index in [4.69, 9.17) is 34.0 Å². The second-order valence-corrected chi connectivity index (χ2v) is 3.98. The molecule has 0 saturated carbocycles. The summed E-state index contributed by atoms with van der Waals surface area (Å²) < 4.78 is 26.2. The minimum Gasteiger partial charge on any atom is -0.506 e. The Bertz CT molecular complexity index is 404. The topological polar surface area (TPSA) is 66.5 Å². The number of aromatic hydroxyl groups is 1. The molecule has 17 heavy (non-hydrogen) atoms. The van der Waals surface area contributed by atoms with E-state index in [-0.39, 0.29) is 28.0 Å². The van der Waals surface area contributed by atoms with Gasteiger partial charge in [0.15, 0.2) is 0 Å². The van der Waals surface area contributed by atoms with E-state index in [1.165, 1.54) is 6.07 Å². The molecule has 0 saturated heterocycles. The molecule has 8 heteroatoms. The van der Waals surface area contributed by atoms with Gasteiger partial charge in [0.2, 0.25) is 0 Å². The Hall–Kier alpha value is -0.330. The van der Waals surface area contributed by atoms with Crippen molar-refractivity contribution in [3.8, 4) is 5.75 Å². The number of halogens is 5. The molecule has 0 aliphatic carbocycles. The van der Waals surface area contributed by atoms with Crippen molar-refractivity contribution in [3.05, 3.63) is 27.7 Å². The number of aliphatic hydroxyl groups is 1. The molecule has 0 spiro atoms. The molecule has 0 radical (unpaired) electrons. The summed E-state index contributed by atoms with van der Waals surface area (Å²) in [5.41, 5.74) is 4.96. The second-order valence-electron chi connectivity index (χ2n) is 3.20. The lowest BCUT2D eigenvalue weighted by molar-refractivity contribution is -0.0715. The molecule has 4 N–H and O–H groups in total. The van der Waals surface area contributed by atoms with Crippen molar-refractivity contribution < 1.29 is 19.0 Å². The van der Waals surface area contributed by atoms with Crippen LogP contribution in [-0.4, -0.2) is 22.7 Å². The molecule has 0 fully saturated rings. The van der Waals surface area contributed by atoms with Crippen LogP contribution in [-0.2, 0) is 0 Å². The predicted molar refractivity (Wildman–Crippen MR) is 64.3 cm³/mol. The van der Waals surface area contributed by atoms with Crippen molar-refractivity contribution in [1.29, 1.82) is 0 Å². The molecule has 0 aliphatic heterocycles. The van der Waals surface area contributed by atoms with Crippen molar-refractivity contribution in [1.82, 2.24) is 0 Å². The molecule has 0 aliphatic rings. The molecular weight excluding hydrogens is 298 g/mol. The summed E-state index contributed by atoms with van der Waals surface area (Å²) in [5.74, 6) is -4.15. The summed E-state index contributed by atoms with van der Waals surface area (Å²) in [6, 6.07) is 0.525. The highest BCUT2D eigenvalue weighted by Crippen LogP contribution is 2.40. The quantitative estimate of drug-likeness (QED) is 0.804. The molecule has 1 atom stereocenters. The third kappa shape index (κ3) is 3.33. The number of benzene rings is 1. The lowest BCUT2D eigenvalue weighted by Gasteiger charge is -2.22. The van der Waals surface area contributed by atoms with Crippen LogP contribution < -0.4 is 5.73 Å². The average Bonchev–Trinajstić information content (AvgIpc) is 2.25. The minimum absolute atomic E-state index is 0. The Balaban J connectivity index is 0.00000256. The largest absolute Gasteiger partial charge is 0.506 e. The number of aliphatic hydroxyl groups excluding tert-OH is 1.